The van der Waals surface area contributed by atoms with E-state index in [2.05, 4.69) is 0 Å². The Kier molecular flexibility index (Phi) is 5.52. The number of likely N-dealkylation sites (N-methyl/N-ethyl adjacent to an activating group) is 1. The van der Waals surface area contributed by atoms with Gasteiger partial charge >= 0.3 is 0 Å². The fourth-order valence-corrected chi connectivity index (χ4v) is 3.47. The second kappa shape index (κ2) is 6.53. The van der Waals surface area contributed by atoms with Crippen LogP contribution in [-0.4, -0.2) is 51.2 Å². The first kappa shape index (κ1) is 16.9. The number of ether oxygens (including phenoxy) is 1. The zero-order valence-corrected chi connectivity index (χ0v) is 13.1. The van der Waals surface area contributed by atoms with E-state index in [4.69, 9.17) is 10.5 Å². The predicted octanol–water partition coefficient (Wildman–Crippen LogP) is 0.513. The molecule has 0 spiro atoms. The molecule has 1 aromatic carbocycles. The van der Waals surface area contributed by atoms with E-state index in [0.29, 0.717) is 11.3 Å². The second-order valence-corrected chi connectivity index (χ2v) is 6.89. The zero-order valence-electron chi connectivity index (χ0n) is 12.3. The largest absolute Gasteiger partial charge is 0.398 e. The number of aliphatic hydroxyl groups is 1. The van der Waals surface area contributed by atoms with Gasteiger partial charge in [-0.2, -0.15) is 4.31 Å². The minimum absolute atomic E-state index is 0.0382. The molecule has 0 bridgehead atoms. The van der Waals surface area contributed by atoms with Crippen molar-refractivity contribution in [3.8, 4) is 0 Å². The highest BCUT2D eigenvalue weighted by Crippen LogP contribution is 2.25. The minimum Gasteiger partial charge on any atom is -0.398 e. The van der Waals surface area contributed by atoms with Gasteiger partial charge in [0.15, 0.2) is 0 Å². The van der Waals surface area contributed by atoms with Gasteiger partial charge in [0.25, 0.3) is 0 Å². The van der Waals surface area contributed by atoms with Gasteiger partial charge in [-0.05, 0) is 37.1 Å². The summed E-state index contributed by atoms with van der Waals surface area (Å²) in [5.41, 5.74) is 7.55. The molecular formula is C13H22N2O4S. The number of benzene rings is 1. The maximum absolute atomic E-state index is 12.5. The number of hydrogen-bond acceptors (Lipinski definition) is 5. The summed E-state index contributed by atoms with van der Waals surface area (Å²) in [5, 5.41) is 9.65. The number of sulfonamides is 1. The standard InChI is InChI=1S/C13H22N2O4S/c1-9-5-12(14)10(2)13(6-9)20(17,18)15(3)7-11(16)8-19-4/h5-6,11,16H,7-8,14H2,1-4H3. The lowest BCUT2D eigenvalue weighted by atomic mass is 10.1. The van der Waals surface area contributed by atoms with Crippen LogP contribution in [0, 0.1) is 13.8 Å². The van der Waals surface area contributed by atoms with Crippen LogP contribution in [0.4, 0.5) is 5.69 Å². The molecule has 0 aromatic heterocycles. The Morgan fingerprint density at radius 2 is 2.00 bits per heavy atom. The van der Waals surface area contributed by atoms with E-state index in [-0.39, 0.29) is 18.0 Å². The van der Waals surface area contributed by atoms with Crippen molar-refractivity contribution in [3.63, 3.8) is 0 Å². The molecule has 0 aliphatic rings. The molecule has 114 valence electrons. The smallest absolute Gasteiger partial charge is 0.243 e. The molecule has 1 aromatic rings. The van der Waals surface area contributed by atoms with Crippen LogP contribution in [0.3, 0.4) is 0 Å². The molecule has 1 atom stereocenters. The highest BCUT2D eigenvalue weighted by atomic mass is 32.2. The maximum Gasteiger partial charge on any atom is 0.243 e. The van der Waals surface area contributed by atoms with Gasteiger partial charge in [0.1, 0.15) is 0 Å². The molecule has 0 fully saturated rings. The summed E-state index contributed by atoms with van der Waals surface area (Å²) in [6, 6.07) is 3.31. The number of nitrogens with zero attached hydrogens (tertiary/aromatic N) is 1. The molecule has 0 saturated heterocycles. The highest BCUT2D eigenvalue weighted by Gasteiger charge is 2.25. The molecule has 0 aliphatic carbocycles. The van der Waals surface area contributed by atoms with Crippen LogP contribution in [0.2, 0.25) is 0 Å². The van der Waals surface area contributed by atoms with Gasteiger partial charge in [0.2, 0.25) is 10.0 Å². The first-order valence-electron chi connectivity index (χ1n) is 6.20. The molecule has 1 unspecified atom stereocenters. The third-order valence-corrected chi connectivity index (χ3v) is 5.01. The van der Waals surface area contributed by atoms with Crippen LogP contribution in [0.25, 0.3) is 0 Å². The van der Waals surface area contributed by atoms with E-state index in [1.54, 1.807) is 26.0 Å². The van der Waals surface area contributed by atoms with Crippen molar-refractivity contribution in [2.24, 2.45) is 0 Å². The number of nitrogen functional groups attached to an aromatic ring is 1. The summed E-state index contributed by atoms with van der Waals surface area (Å²) < 4.78 is 30.9. The molecule has 20 heavy (non-hydrogen) atoms. The van der Waals surface area contributed by atoms with E-state index >= 15 is 0 Å². The summed E-state index contributed by atoms with van der Waals surface area (Å²) in [7, 11) is -0.820. The number of rotatable bonds is 6. The molecule has 0 amide bonds. The fraction of sp³-hybridized carbons (Fsp3) is 0.538. The van der Waals surface area contributed by atoms with Crippen molar-refractivity contribution in [2.45, 2.75) is 24.8 Å². The van der Waals surface area contributed by atoms with Crippen LogP contribution in [-0.2, 0) is 14.8 Å². The average Bonchev–Trinajstić information content (AvgIpc) is 2.33. The van der Waals surface area contributed by atoms with Crippen molar-refractivity contribution in [1.82, 2.24) is 4.31 Å². The maximum atomic E-state index is 12.5. The van der Waals surface area contributed by atoms with Crippen LogP contribution in [0.5, 0.6) is 0 Å². The number of aryl methyl sites for hydroxylation is 1. The van der Waals surface area contributed by atoms with Crippen LogP contribution in [0.1, 0.15) is 11.1 Å². The topological polar surface area (TPSA) is 92.9 Å². The summed E-state index contributed by atoms with van der Waals surface area (Å²) in [6.45, 7) is 3.49. The molecule has 0 radical (unpaired) electrons. The molecule has 7 heteroatoms. The zero-order chi connectivity index (χ0) is 15.5. The van der Waals surface area contributed by atoms with Crippen LogP contribution in [0.15, 0.2) is 17.0 Å². The van der Waals surface area contributed by atoms with Crippen molar-refractivity contribution in [2.75, 3.05) is 33.0 Å². The predicted molar refractivity (Wildman–Crippen MR) is 78.0 cm³/mol. The van der Waals surface area contributed by atoms with Gasteiger partial charge in [-0.15, -0.1) is 0 Å². The van der Waals surface area contributed by atoms with Gasteiger partial charge in [-0.3, -0.25) is 0 Å². The molecule has 0 heterocycles. The number of hydrogen-bond donors (Lipinski definition) is 2. The van der Waals surface area contributed by atoms with Crippen molar-refractivity contribution in [3.05, 3.63) is 23.3 Å². The average molecular weight is 302 g/mol. The van der Waals surface area contributed by atoms with Crippen molar-refractivity contribution >= 4 is 15.7 Å². The fourth-order valence-electron chi connectivity index (χ4n) is 1.93. The number of nitrogens with two attached hydrogens (primary N) is 1. The Morgan fingerprint density at radius 3 is 2.55 bits per heavy atom. The van der Waals surface area contributed by atoms with Crippen LogP contribution >= 0.6 is 0 Å². The summed E-state index contributed by atoms with van der Waals surface area (Å²) >= 11 is 0. The lowest BCUT2D eigenvalue weighted by Gasteiger charge is -2.22. The Morgan fingerprint density at radius 1 is 1.40 bits per heavy atom. The lowest BCUT2D eigenvalue weighted by Crippen LogP contribution is -2.36. The lowest BCUT2D eigenvalue weighted by molar-refractivity contribution is 0.0554. The third kappa shape index (κ3) is 3.69. The Bertz CT molecular complexity index is 572. The van der Waals surface area contributed by atoms with Gasteiger partial charge < -0.3 is 15.6 Å². The van der Waals surface area contributed by atoms with Gasteiger partial charge in [-0.1, -0.05) is 0 Å². The Labute approximate surface area is 120 Å². The quantitative estimate of drug-likeness (QED) is 0.747. The first-order chi connectivity index (χ1) is 9.20. The van der Waals surface area contributed by atoms with E-state index in [9.17, 15) is 13.5 Å². The molecule has 1 rings (SSSR count). The van der Waals surface area contributed by atoms with Gasteiger partial charge in [0.05, 0.1) is 17.6 Å². The Balaban J connectivity index is 3.11. The SMILES string of the molecule is COCC(O)CN(C)S(=O)(=O)c1cc(C)cc(N)c1C. The second-order valence-electron chi connectivity index (χ2n) is 4.87. The summed E-state index contributed by atoms with van der Waals surface area (Å²) in [4.78, 5) is 0.169. The van der Waals surface area contributed by atoms with E-state index in [0.717, 1.165) is 9.87 Å². The molecular weight excluding hydrogens is 280 g/mol. The number of anilines is 1. The first-order valence-corrected chi connectivity index (χ1v) is 7.64. The monoisotopic (exact) mass is 302 g/mol. The molecule has 3 N–H and O–H groups in total. The van der Waals surface area contributed by atoms with Gasteiger partial charge in [-0.25, -0.2) is 8.42 Å². The third-order valence-electron chi connectivity index (χ3n) is 3.06. The normalized spacial score (nSPS) is 13.7. The van der Waals surface area contributed by atoms with E-state index in [1.807, 2.05) is 0 Å². The van der Waals surface area contributed by atoms with Crippen molar-refractivity contribution < 1.29 is 18.3 Å². The number of aliphatic hydroxyl groups excluding tert-OH is 1. The van der Waals surface area contributed by atoms with Gasteiger partial charge in [0, 0.05) is 26.4 Å². The van der Waals surface area contributed by atoms with E-state index < -0.39 is 16.1 Å². The van der Waals surface area contributed by atoms with E-state index in [1.165, 1.54) is 14.2 Å². The molecule has 0 aliphatic heterocycles. The number of methoxy groups -OCH3 is 1. The Hall–Kier alpha value is -1.15. The molecule has 6 nitrogen and oxygen atoms in total. The molecule has 0 saturated carbocycles. The highest BCUT2D eigenvalue weighted by molar-refractivity contribution is 7.89. The summed E-state index contributed by atoms with van der Waals surface area (Å²) in [6.07, 6.45) is -0.873. The minimum atomic E-state index is -3.69. The van der Waals surface area contributed by atoms with Crippen LogP contribution < -0.4 is 5.73 Å². The summed E-state index contributed by atoms with van der Waals surface area (Å²) in [5.74, 6) is 0. The van der Waals surface area contributed by atoms with Crippen molar-refractivity contribution in [1.29, 1.82) is 0 Å².